The van der Waals surface area contributed by atoms with Gasteiger partial charge in [0.25, 0.3) is 5.56 Å². The Bertz CT molecular complexity index is 360. The number of aromatic nitrogens is 2. The van der Waals surface area contributed by atoms with E-state index in [0.717, 1.165) is 31.6 Å². The second kappa shape index (κ2) is 5.15. The van der Waals surface area contributed by atoms with Gasteiger partial charge in [0.05, 0.1) is 0 Å². The third-order valence-electron chi connectivity index (χ3n) is 2.11. The maximum atomic E-state index is 11.6. The first-order valence-electron chi connectivity index (χ1n) is 4.95. The van der Waals surface area contributed by atoms with E-state index in [4.69, 9.17) is 11.6 Å². The Kier molecular flexibility index (Phi) is 4.14. The smallest absolute Gasteiger partial charge is 0.254 e. The van der Waals surface area contributed by atoms with E-state index in [0.29, 0.717) is 5.15 Å². The molecule has 0 radical (unpaired) electrons. The van der Waals surface area contributed by atoms with Gasteiger partial charge in [0, 0.05) is 19.0 Å². The van der Waals surface area contributed by atoms with Crippen molar-refractivity contribution in [3.8, 4) is 0 Å². The van der Waals surface area contributed by atoms with Gasteiger partial charge < -0.3 is 0 Å². The fourth-order valence-corrected chi connectivity index (χ4v) is 1.54. The van der Waals surface area contributed by atoms with E-state index in [1.807, 2.05) is 6.92 Å². The van der Waals surface area contributed by atoms with Crippen molar-refractivity contribution < 1.29 is 0 Å². The van der Waals surface area contributed by atoms with Gasteiger partial charge in [0.1, 0.15) is 11.0 Å². The van der Waals surface area contributed by atoms with E-state index in [2.05, 4.69) is 11.9 Å². The zero-order valence-electron chi connectivity index (χ0n) is 8.59. The first-order valence-corrected chi connectivity index (χ1v) is 5.33. The summed E-state index contributed by atoms with van der Waals surface area (Å²) in [5.74, 6) is 0.774. The number of halogens is 1. The molecule has 0 aliphatic heterocycles. The van der Waals surface area contributed by atoms with Crippen LogP contribution in [0.2, 0.25) is 5.15 Å². The van der Waals surface area contributed by atoms with Crippen LogP contribution < -0.4 is 5.56 Å². The molecule has 0 aliphatic rings. The Hall–Kier alpha value is -0.830. The molecule has 0 aliphatic carbocycles. The summed E-state index contributed by atoms with van der Waals surface area (Å²) < 4.78 is 1.70. The molecule has 1 heterocycles. The number of rotatable bonds is 4. The summed E-state index contributed by atoms with van der Waals surface area (Å²) >= 11 is 5.71. The van der Waals surface area contributed by atoms with Gasteiger partial charge in [-0.1, -0.05) is 31.9 Å². The van der Waals surface area contributed by atoms with Crippen LogP contribution >= 0.6 is 11.6 Å². The summed E-state index contributed by atoms with van der Waals surface area (Å²) in [6.45, 7) is 4.81. The quantitative estimate of drug-likeness (QED) is 0.721. The second-order valence-corrected chi connectivity index (χ2v) is 3.58. The maximum Gasteiger partial charge on any atom is 0.254 e. The lowest BCUT2D eigenvalue weighted by atomic mass is 10.3. The van der Waals surface area contributed by atoms with Gasteiger partial charge >= 0.3 is 0 Å². The number of hydrogen-bond donors (Lipinski definition) is 0. The standard InChI is InChI=1S/C10H15ClN2O/c1-3-5-6-13-9(4-2)12-8(11)7-10(13)14/h7H,3-6H2,1-2H3. The maximum absolute atomic E-state index is 11.6. The lowest BCUT2D eigenvalue weighted by Crippen LogP contribution is -2.24. The lowest BCUT2D eigenvalue weighted by molar-refractivity contribution is 0.573. The van der Waals surface area contributed by atoms with Crippen LogP contribution in [0.3, 0.4) is 0 Å². The molecule has 0 spiro atoms. The third-order valence-corrected chi connectivity index (χ3v) is 2.30. The summed E-state index contributed by atoms with van der Waals surface area (Å²) in [6, 6.07) is 1.37. The molecule has 0 N–H and O–H groups in total. The topological polar surface area (TPSA) is 34.9 Å². The molecule has 4 heteroatoms. The molecule has 1 aromatic heterocycles. The van der Waals surface area contributed by atoms with Crippen molar-refractivity contribution in [2.75, 3.05) is 0 Å². The molecule has 0 bridgehead atoms. The molecular weight excluding hydrogens is 200 g/mol. The van der Waals surface area contributed by atoms with E-state index in [-0.39, 0.29) is 5.56 Å². The minimum Gasteiger partial charge on any atom is -0.297 e. The highest BCUT2D eigenvalue weighted by atomic mass is 35.5. The van der Waals surface area contributed by atoms with Crippen LogP contribution in [0.25, 0.3) is 0 Å². The van der Waals surface area contributed by atoms with Crippen LogP contribution in [0.4, 0.5) is 0 Å². The fraction of sp³-hybridized carbons (Fsp3) is 0.600. The minimum atomic E-state index is -0.0460. The van der Waals surface area contributed by atoms with Gasteiger partial charge in [-0.15, -0.1) is 0 Å². The molecule has 1 rings (SSSR count). The second-order valence-electron chi connectivity index (χ2n) is 3.19. The molecule has 0 unspecified atom stereocenters. The Labute approximate surface area is 88.7 Å². The molecular formula is C10H15ClN2O. The van der Waals surface area contributed by atoms with Gasteiger partial charge in [0.2, 0.25) is 0 Å². The van der Waals surface area contributed by atoms with E-state index in [1.165, 1.54) is 6.07 Å². The van der Waals surface area contributed by atoms with Crippen molar-refractivity contribution in [3.63, 3.8) is 0 Å². The number of nitrogens with zero attached hydrogens (tertiary/aromatic N) is 2. The van der Waals surface area contributed by atoms with Gasteiger partial charge in [-0.2, -0.15) is 0 Å². The average Bonchev–Trinajstić information content (AvgIpc) is 2.15. The van der Waals surface area contributed by atoms with E-state index >= 15 is 0 Å². The molecule has 3 nitrogen and oxygen atoms in total. The van der Waals surface area contributed by atoms with Crippen LogP contribution in [0, 0.1) is 0 Å². The van der Waals surface area contributed by atoms with Gasteiger partial charge in [-0.3, -0.25) is 9.36 Å². The number of aryl methyl sites for hydroxylation is 1. The van der Waals surface area contributed by atoms with Crippen LogP contribution in [-0.2, 0) is 13.0 Å². The zero-order chi connectivity index (χ0) is 10.6. The Morgan fingerprint density at radius 3 is 2.79 bits per heavy atom. The Morgan fingerprint density at radius 1 is 1.50 bits per heavy atom. The van der Waals surface area contributed by atoms with Crippen molar-refractivity contribution in [3.05, 3.63) is 27.4 Å². The Balaban J connectivity index is 3.06. The fourth-order valence-electron chi connectivity index (χ4n) is 1.35. The summed E-state index contributed by atoms with van der Waals surface area (Å²) in [4.78, 5) is 15.7. The zero-order valence-corrected chi connectivity index (χ0v) is 9.34. The van der Waals surface area contributed by atoms with Gasteiger partial charge in [0.15, 0.2) is 0 Å². The first-order chi connectivity index (χ1) is 6.69. The molecule has 1 aromatic rings. The highest BCUT2D eigenvalue weighted by Gasteiger charge is 2.04. The van der Waals surface area contributed by atoms with Gasteiger partial charge in [-0.05, 0) is 6.42 Å². The van der Waals surface area contributed by atoms with Crippen LogP contribution in [0.15, 0.2) is 10.9 Å². The van der Waals surface area contributed by atoms with E-state index in [9.17, 15) is 4.79 Å². The summed E-state index contributed by atoms with van der Waals surface area (Å²) in [6.07, 6.45) is 2.80. The molecule has 14 heavy (non-hydrogen) atoms. The molecule has 0 saturated carbocycles. The van der Waals surface area contributed by atoms with Crippen LogP contribution in [-0.4, -0.2) is 9.55 Å². The number of unbranched alkanes of at least 4 members (excludes halogenated alkanes) is 1. The average molecular weight is 215 g/mol. The lowest BCUT2D eigenvalue weighted by Gasteiger charge is -2.09. The van der Waals surface area contributed by atoms with Crippen LogP contribution in [0.1, 0.15) is 32.5 Å². The van der Waals surface area contributed by atoms with Crippen molar-refractivity contribution in [2.24, 2.45) is 0 Å². The third kappa shape index (κ3) is 2.58. The van der Waals surface area contributed by atoms with Crippen LogP contribution in [0.5, 0.6) is 0 Å². The highest BCUT2D eigenvalue weighted by molar-refractivity contribution is 6.29. The highest BCUT2D eigenvalue weighted by Crippen LogP contribution is 2.04. The monoisotopic (exact) mass is 214 g/mol. The summed E-state index contributed by atoms with van der Waals surface area (Å²) in [5, 5.41) is 0.291. The molecule has 78 valence electrons. The predicted octanol–water partition coefficient (Wildman–Crippen LogP) is 2.26. The Morgan fingerprint density at radius 2 is 2.21 bits per heavy atom. The normalized spacial score (nSPS) is 10.5. The largest absolute Gasteiger partial charge is 0.297 e. The molecule has 0 amide bonds. The first kappa shape index (κ1) is 11.2. The van der Waals surface area contributed by atoms with E-state index < -0.39 is 0 Å². The van der Waals surface area contributed by atoms with Gasteiger partial charge in [-0.25, -0.2) is 4.98 Å². The molecule has 0 atom stereocenters. The van der Waals surface area contributed by atoms with Crippen molar-refractivity contribution in [2.45, 2.75) is 39.7 Å². The minimum absolute atomic E-state index is 0.0460. The van der Waals surface area contributed by atoms with Crippen molar-refractivity contribution in [1.82, 2.24) is 9.55 Å². The van der Waals surface area contributed by atoms with Crippen molar-refractivity contribution >= 4 is 11.6 Å². The van der Waals surface area contributed by atoms with Crippen molar-refractivity contribution in [1.29, 1.82) is 0 Å². The van der Waals surface area contributed by atoms with E-state index in [1.54, 1.807) is 4.57 Å². The summed E-state index contributed by atoms with van der Waals surface area (Å²) in [7, 11) is 0. The predicted molar refractivity (Wildman–Crippen MR) is 57.8 cm³/mol. The number of hydrogen-bond acceptors (Lipinski definition) is 2. The molecule has 0 saturated heterocycles. The SMILES string of the molecule is CCCCn1c(CC)nc(Cl)cc1=O. The molecule has 0 aromatic carbocycles. The summed E-state index contributed by atoms with van der Waals surface area (Å²) in [5.41, 5.74) is -0.0460. The molecule has 0 fully saturated rings.